The van der Waals surface area contributed by atoms with Crippen LogP contribution in [0.1, 0.15) is 18.9 Å². The molecule has 2 aromatic carbocycles. The molecule has 0 fully saturated rings. The normalized spacial score (nSPS) is 11.8. The maximum atomic E-state index is 12.3. The molecule has 0 bridgehead atoms. The van der Waals surface area contributed by atoms with Crippen molar-refractivity contribution >= 4 is 27.5 Å². The second kappa shape index (κ2) is 7.27. The van der Waals surface area contributed by atoms with Gasteiger partial charge in [-0.05, 0) is 49.2 Å². The van der Waals surface area contributed by atoms with Gasteiger partial charge in [-0.3, -0.25) is 4.79 Å². The number of para-hydroxylation sites is 1. The van der Waals surface area contributed by atoms with Crippen LogP contribution in [0, 0.1) is 6.92 Å². The quantitative estimate of drug-likeness (QED) is 0.861. The molecule has 0 radical (unpaired) electrons. The number of benzene rings is 2. The van der Waals surface area contributed by atoms with Crippen LogP contribution in [-0.2, 0) is 4.79 Å². The molecule has 4 heteroatoms. The van der Waals surface area contributed by atoms with Gasteiger partial charge < -0.3 is 10.1 Å². The van der Waals surface area contributed by atoms with E-state index >= 15 is 0 Å². The summed E-state index contributed by atoms with van der Waals surface area (Å²) in [5.74, 6) is 0.568. The minimum Gasteiger partial charge on any atom is -0.481 e. The first-order valence-corrected chi connectivity index (χ1v) is 7.68. The van der Waals surface area contributed by atoms with Crippen molar-refractivity contribution in [1.82, 2.24) is 0 Å². The lowest BCUT2D eigenvalue weighted by atomic mass is 10.2. The number of ether oxygens (including phenoxy) is 1. The molecular weight excluding hydrogens is 330 g/mol. The number of hydrogen-bond donors (Lipinski definition) is 1. The molecule has 0 aliphatic carbocycles. The first-order chi connectivity index (χ1) is 10.1. The van der Waals surface area contributed by atoms with Gasteiger partial charge in [-0.2, -0.15) is 0 Å². The molecule has 0 aliphatic heterocycles. The summed E-state index contributed by atoms with van der Waals surface area (Å²) in [6.45, 7) is 3.89. The zero-order valence-corrected chi connectivity index (χ0v) is 13.7. The Morgan fingerprint density at radius 2 is 1.95 bits per heavy atom. The van der Waals surface area contributed by atoms with E-state index in [4.69, 9.17) is 4.74 Å². The van der Waals surface area contributed by atoms with E-state index in [-0.39, 0.29) is 5.91 Å². The molecule has 110 valence electrons. The molecule has 21 heavy (non-hydrogen) atoms. The molecule has 0 unspecified atom stereocenters. The van der Waals surface area contributed by atoms with E-state index in [1.54, 1.807) is 0 Å². The van der Waals surface area contributed by atoms with Crippen LogP contribution in [0.5, 0.6) is 5.75 Å². The SMILES string of the molecule is CC[C@@H](Oc1ccccc1)C(=O)Nc1ccc(Br)cc1C. The number of aryl methyl sites for hydroxylation is 1. The van der Waals surface area contributed by atoms with Gasteiger partial charge in [-0.25, -0.2) is 0 Å². The van der Waals surface area contributed by atoms with E-state index in [2.05, 4.69) is 21.2 Å². The average molecular weight is 348 g/mol. The summed E-state index contributed by atoms with van der Waals surface area (Å²) in [5.41, 5.74) is 1.81. The van der Waals surface area contributed by atoms with Crippen LogP contribution in [0.15, 0.2) is 53.0 Å². The number of halogens is 1. The molecule has 0 spiro atoms. The van der Waals surface area contributed by atoms with Gasteiger partial charge in [0.1, 0.15) is 5.75 Å². The van der Waals surface area contributed by atoms with Crippen LogP contribution in [0.2, 0.25) is 0 Å². The lowest BCUT2D eigenvalue weighted by molar-refractivity contribution is -0.122. The van der Waals surface area contributed by atoms with Gasteiger partial charge in [0.25, 0.3) is 5.91 Å². The summed E-state index contributed by atoms with van der Waals surface area (Å²) < 4.78 is 6.73. The van der Waals surface area contributed by atoms with Gasteiger partial charge in [-0.1, -0.05) is 41.1 Å². The van der Waals surface area contributed by atoms with Crippen molar-refractivity contribution in [1.29, 1.82) is 0 Å². The van der Waals surface area contributed by atoms with Gasteiger partial charge in [0.2, 0.25) is 0 Å². The lowest BCUT2D eigenvalue weighted by Crippen LogP contribution is -2.32. The number of anilines is 1. The van der Waals surface area contributed by atoms with Crippen LogP contribution in [0.4, 0.5) is 5.69 Å². The Hall–Kier alpha value is -1.81. The van der Waals surface area contributed by atoms with Gasteiger partial charge in [0.05, 0.1) is 0 Å². The molecule has 0 aliphatic rings. The molecular formula is C17H18BrNO2. The fourth-order valence-corrected chi connectivity index (χ4v) is 2.44. The number of amides is 1. The molecule has 3 nitrogen and oxygen atoms in total. The fourth-order valence-electron chi connectivity index (χ4n) is 1.97. The molecule has 2 rings (SSSR count). The Morgan fingerprint density at radius 3 is 2.57 bits per heavy atom. The monoisotopic (exact) mass is 347 g/mol. The summed E-state index contributed by atoms with van der Waals surface area (Å²) in [5, 5.41) is 2.92. The third-order valence-corrected chi connectivity index (χ3v) is 3.62. The summed E-state index contributed by atoms with van der Waals surface area (Å²) in [4.78, 5) is 12.3. The second-order valence-electron chi connectivity index (χ2n) is 4.78. The summed E-state index contributed by atoms with van der Waals surface area (Å²) in [6, 6.07) is 15.1. The van der Waals surface area contributed by atoms with Gasteiger partial charge >= 0.3 is 0 Å². The first kappa shape index (κ1) is 15.6. The Kier molecular flexibility index (Phi) is 5.39. The predicted molar refractivity (Wildman–Crippen MR) is 88.7 cm³/mol. The van der Waals surface area contributed by atoms with Gasteiger partial charge in [-0.15, -0.1) is 0 Å². The van der Waals surface area contributed by atoms with Gasteiger partial charge in [0.15, 0.2) is 6.10 Å². The number of nitrogens with one attached hydrogen (secondary N) is 1. The molecule has 0 heterocycles. The fraction of sp³-hybridized carbons (Fsp3) is 0.235. The van der Waals surface area contributed by atoms with Crippen LogP contribution in [0.25, 0.3) is 0 Å². The molecule has 2 aromatic rings. The molecule has 1 N–H and O–H groups in total. The van der Waals surface area contributed by atoms with E-state index in [9.17, 15) is 4.79 Å². The Morgan fingerprint density at radius 1 is 1.24 bits per heavy atom. The zero-order valence-electron chi connectivity index (χ0n) is 12.1. The van der Waals surface area contributed by atoms with E-state index < -0.39 is 6.10 Å². The van der Waals surface area contributed by atoms with Crippen molar-refractivity contribution in [2.75, 3.05) is 5.32 Å². The topological polar surface area (TPSA) is 38.3 Å². The van der Waals surface area contributed by atoms with Crippen molar-refractivity contribution in [3.63, 3.8) is 0 Å². The van der Waals surface area contributed by atoms with Crippen molar-refractivity contribution < 1.29 is 9.53 Å². The van der Waals surface area contributed by atoms with E-state index in [1.807, 2.05) is 62.4 Å². The minimum absolute atomic E-state index is 0.133. The van der Waals surface area contributed by atoms with Crippen molar-refractivity contribution in [3.05, 3.63) is 58.6 Å². The molecule has 0 aromatic heterocycles. The molecule has 1 amide bonds. The highest BCUT2D eigenvalue weighted by Crippen LogP contribution is 2.21. The van der Waals surface area contributed by atoms with Crippen LogP contribution < -0.4 is 10.1 Å². The lowest BCUT2D eigenvalue weighted by Gasteiger charge is -2.18. The summed E-state index contributed by atoms with van der Waals surface area (Å²) in [6.07, 6.45) is 0.103. The zero-order chi connectivity index (χ0) is 15.2. The summed E-state index contributed by atoms with van der Waals surface area (Å²) in [7, 11) is 0. The third kappa shape index (κ3) is 4.33. The van der Waals surface area contributed by atoms with Crippen LogP contribution in [-0.4, -0.2) is 12.0 Å². The molecule has 1 atom stereocenters. The number of carbonyl (C=O) groups is 1. The maximum Gasteiger partial charge on any atom is 0.265 e. The van der Waals surface area contributed by atoms with E-state index in [1.165, 1.54) is 0 Å². The van der Waals surface area contributed by atoms with Crippen molar-refractivity contribution in [2.24, 2.45) is 0 Å². The molecule has 0 saturated carbocycles. The molecule has 0 saturated heterocycles. The average Bonchev–Trinajstić information content (AvgIpc) is 2.48. The smallest absolute Gasteiger partial charge is 0.265 e. The van der Waals surface area contributed by atoms with Crippen molar-refractivity contribution in [2.45, 2.75) is 26.4 Å². The maximum absolute atomic E-state index is 12.3. The largest absolute Gasteiger partial charge is 0.481 e. The standard InChI is InChI=1S/C17H18BrNO2/c1-3-16(21-14-7-5-4-6-8-14)17(20)19-15-10-9-13(18)11-12(15)2/h4-11,16H,3H2,1-2H3,(H,19,20)/t16-/m1/s1. The third-order valence-electron chi connectivity index (χ3n) is 3.13. The van der Waals surface area contributed by atoms with Gasteiger partial charge in [0, 0.05) is 10.2 Å². The highest BCUT2D eigenvalue weighted by Gasteiger charge is 2.19. The number of rotatable bonds is 5. The van der Waals surface area contributed by atoms with Crippen molar-refractivity contribution in [3.8, 4) is 5.75 Å². The van der Waals surface area contributed by atoms with E-state index in [0.29, 0.717) is 12.2 Å². The number of carbonyl (C=O) groups excluding carboxylic acids is 1. The Bertz CT molecular complexity index is 613. The Labute approximate surface area is 133 Å². The number of hydrogen-bond acceptors (Lipinski definition) is 2. The highest BCUT2D eigenvalue weighted by molar-refractivity contribution is 9.10. The van der Waals surface area contributed by atoms with E-state index in [0.717, 1.165) is 15.7 Å². The predicted octanol–water partition coefficient (Wildman–Crippen LogP) is 4.55. The van der Waals surface area contributed by atoms with Crippen LogP contribution >= 0.6 is 15.9 Å². The minimum atomic E-state index is -0.504. The second-order valence-corrected chi connectivity index (χ2v) is 5.69. The first-order valence-electron chi connectivity index (χ1n) is 6.89. The highest BCUT2D eigenvalue weighted by atomic mass is 79.9. The summed E-state index contributed by atoms with van der Waals surface area (Å²) >= 11 is 3.41. The Balaban J connectivity index is 2.06. The van der Waals surface area contributed by atoms with Crippen LogP contribution in [0.3, 0.4) is 0 Å².